The van der Waals surface area contributed by atoms with E-state index in [2.05, 4.69) is 22.9 Å². The summed E-state index contributed by atoms with van der Waals surface area (Å²) in [7, 11) is 0. The number of rotatable bonds is 5. The molecule has 3 nitrogen and oxygen atoms in total. The third-order valence-electron chi connectivity index (χ3n) is 2.15. The molecule has 1 unspecified atom stereocenters. The van der Waals surface area contributed by atoms with Crippen molar-refractivity contribution in [3.05, 3.63) is 28.2 Å². The summed E-state index contributed by atoms with van der Waals surface area (Å²) in [5.74, 6) is -0.359. The maximum absolute atomic E-state index is 10.8. The Balaban J connectivity index is 2.84. The first kappa shape index (κ1) is 13.0. The van der Waals surface area contributed by atoms with Crippen LogP contribution in [0.1, 0.15) is 37.0 Å². The fourth-order valence-electron chi connectivity index (χ4n) is 1.45. The van der Waals surface area contributed by atoms with Crippen LogP contribution in [0.25, 0.3) is 0 Å². The van der Waals surface area contributed by atoms with Crippen LogP contribution < -0.4 is 4.74 Å². The summed E-state index contributed by atoms with van der Waals surface area (Å²) >= 11 is 3.27. The van der Waals surface area contributed by atoms with Crippen LogP contribution >= 0.6 is 15.9 Å². The van der Waals surface area contributed by atoms with Crippen LogP contribution in [-0.2, 0) is 0 Å². The minimum absolute atomic E-state index is 0.0981. The number of hydrogen-bond acceptors (Lipinski definition) is 2. The van der Waals surface area contributed by atoms with E-state index in [1.165, 1.54) is 0 Å². The number of hydrogen-bond donors (Lipinski definition) is 1. The second-order valence-electron chi connectivity index (χ2n) is 3.70. The predicted molar refractivity (Wildman–Crippen MR) is 66.1 cm³/mol. The summed E-state index contributed by atoms with van der Waals surface area (Å²) in [6.07, 6.45) is 2.09. The van der Waals surface area contributed by atoms with Crippen molar-refractivity contribution in [3.63, 3.8) is 0 Å². The van der Waals surface area contributed by atoms with E-state index in [-0.39, 0.29) is 11.7 Å². The predicted octanol–water partition coefficient (Wildman–Crippen LogP) is 3.71. The van der Waals surface area contributed by atoms with Gasteiger partial charge in [0, 0.05) is 4.47 Å². The van der Waals surface area contributed by atoms with Crippen LogP contribution in [0, 0.1) is 0 Å². The van der Waals surface area contributed by atoms with Gasteiger partial charge in [0.1, 0.15) is 5.75 Å². The number of aromatic carboxylic acids is 1. The number of ether oxygens (including phenoxy) is 1. The van der Waals surface area contributed by atoms with Crippen molar-refractivity contribution in [2.75, 3.05) is 0 Å². The molecule has 0 saturated carbocycles. The molecule has 0 aliphatic heterocycles. The van der Waals surface area contributed by atoms with E-state index in [1.807, 2.05) is 6.92 Å². The average Bonchev–Trinajstić information content (AvgIpc) is 2.16. The zero-order valence-corrected chi connectivity index (χ0v) is 11.0. The van der Waals surface area contributed by atoms with Gasteiger partial charge in [-0.1, -0.05) is 29.3 Å². The van der Waals surface area contributed by atoms with Gasteiger partial charge in [0.15, 0.2) is 0 Å². The van der Waals surface area contributed by atoms with Gasteiger partial charge in [0.25, 0.3) is 0 Å². The SMILES string of the molecule is CCCC(C)Oc1cc(Br)cc(C(=O)O)c1. The molecule has 88 valence electrons. The van der Waals surface area contributed by atoms with E-state index < -0.39 is 5.97 Å². The number of carboxylic acid groups (broad SMARTS) is 1. The Labute approximate surface area is 104 Å². The quantitative estimate of drug-likeness (QED) is 0.897. The van der Waals surface area contributed by atoms with Crippen molar-refractivity contribution < 1.29 is 14.6 Å². The lowest BCUT2D eigenvalue weighted by Crippen LogP contribution is -2.11. The van der Waals surface area contributed by atoms with E-state index in [1.54, 1.807) is 18.2 Å². The highest BCUT2D eigenvalue weighted by Gasteiger charge is 2.09. The van der Waals surface area contributed by atoms with Crippen molar-refractivity contribution >= 4 is 21.9 Å². The molecule has 0 spiro atoms. The smallest absolute Gasteiger partial charge is 0.335 e. The molecule has 0 aliphatic carbocycles. The maximum Gasteiger partial charge on any atom is 0.335 e. The molecule has 1 aromatic carbocycles. The normalized spacial score (nSPS) is 12.2. The number of halogens is 1. The van der Waals surface area contributed by atoms with Crippen LogP contribution in [0.4, 0.5) is 0 Å². The minimum atomic E-state index is -0.950. The van der Waals surface area contributed by atoms with Crippen molar-refractivity contribution in [1.29, 1.82) is 0 Å². The van der Waals surface area contributed by atoms with Crippen molar-refractivity contribution in [3.8, 4) is 5.75 Å². The molecule has 0 bridgehead atoms. The van der Waals surface area contributed by atoms with Gasteiger partial charge < -0.3 is 9.84 Å². The van der Waals surface area contributed by atoms with Crippen molar-refractivity contribution in [1.82, 2.24) is 0 Å². The highest BCUT2D eigenvalue weighted by molar-refractivity contribution is 9.10. The van der Waals surface area contributed by atoms with Gasteiger partial charge >= 0.3 is 5.97 Å². The van der Waals surface area contributed by atoms with Crippen LogP contribution in [0.5, 0.6) is 5.75 Å². The lowest BCUT2D eigenvalue weighted by molar-refractivity contribution is 0.0696. The van der Waals surface area contributed by atoms with E-state index in [0.717, 1.165) is 12.8 Å². The summed E-state index contributed by atoms with van der Waals surface area (Å²) in [6, 6.07) is 4.87. The van der Waals surface area contributed by atoms with Crippen molar-refractivity contribution in [2.45, 2.75) is 32.8 Å². The molecule has 4 heteroatoms. The first-order chi connectivity index (χ1) is 7.52. The zero-order chi connectivity index (χ0) is 12.1. The fourth-order valence-corrected chi connectivity index (χ4v) is 1.92. The van der Waals surface area contributed by atoms with E-state index in [4.69, 9.17) is 9.84 Å². The third kappa shape index (κ3) is 3.85. The van der Waals surface area contributed by atoms with Crippen LogP contribution in [0.3, 0.4) is 0 Å². The molecule has 0 fully saturated rings. The first-order valence-corrected chi connectivity index (χ1v) is 6.02. The van der Waals surface area contributed by atoms with Crippen LogP contribution in [0.15, 0.2) is 22.7 Å². The molecule has 1 aromatic rings. The molecule has 1 N–H and O–H groups in total. The molecule has 1 atom stereocenters. The summed E-state index contributed by atoms with van der Waals surface area (Å²) < 4.78 is 6.35. The molecular weight excluding hydrogens is 272 g/mol. The zero-order valence-electron chi connectivity index (χ0n) is 9.37. The van der Waals surface area contributed by atoms with Gasteiger partial charge in [-0.15, -0.1) is 0 Å². The fraction of sp³-hybridized carbons (Fsp3) is 0.417. The molecule has 0 aliphatic rings. The number of benzene rings is 1. The molecule has 0 heterocycles. The Morgan fingerprint density at radius 3 is 2.75 bits per heavy atom. The minimum Gasteiger partial charge on any atom is -0.491 e. The molecule has 0 radical (unpaired) electrons. The molecule has 0 amide bonds. The lowest BCUT2D eigenvalue weighted by Gasteiger charge is -2.14. The largest absolute Gasteiger partial charge is 0.491 e. The Morgan fingerprint density at radius 1 is 1.50 bits per heavy atom. The Kier molecular flexibility index (Phi) is 4.80. The van der Waals surface area contributed by atoms with Gasteiger partial charge in [-0.3, -0.25) is 0 Å². The summed E-state index contributed by atoms with van der Waals surface area (Å²) in [5, 5.41) is 8.89. The van der Waals surface area contributed by atoms with E-state index in [0.29, 0.717) is 10.2 Å². The Morgan fingerprint density at radius 2 is 2.19 bits per heavy atom. The summed E-state index contributed by atoms with van der Waals surface area (Å²) in [4.78, 5) is 10.8. The summed E-state index contributed by atoms with van der Waals surface area (Å²) in [5.41, 5.74) is 0.230. The van der Waals surface area contributed by atoms with Crippen LogP contribution in [-0.4, -0.2) is 17.2 Å². The van der Waals surface area contributed by atoms with Crippen LogP contribution in [0.2, 0.25) is 0 Å². The number of carbonyl (C=O) groups is 1. The molecular formula is C12H15BrO3. The highest BCUT2D eigenvalue weighted by atomic mass is 79.9. The lowest BCUT2D eigenvalue weighted by atomic mass is 10.2. The topological polar surface area (TPSA) is 46.5 Å². The molecule has 1 rings (SSSR count). The molecule has 0 saturated heterocycles. The number of carboxylic acids is 1. The average molecular weight is 287 g/mol. The second kappa shape index (κ2) is 5.89. The second-order valence-corrected chi connectivity index (χ2v) is 4.61. The van der Waals surface area contributed by atoms with Gasteiger partial charge in [-0.25, -0.2) is 4.79 Å². The van der Waals surface area contributed by atoms with E-state index >= 15 is 0 Å². The Bertz CT molecular complexity index is 377. The summed E-state index contributed by atoms with van der Waals surface area (Å²) in [6.45, 7) is 4.06. The monoisotopic (exact) mass is 286 g/mol. The highest BCUT2D eigenvalue weighted by Crippen LogP contribution is 2.23. The van der Waals surface area contributed by atoms with Crippen molar-refractivity contribution in [2.24, 2.45) is 0 Å². The molecule has 0 aromatic heterocycles. The standard InChI is InChI=1S/C12H15BrO3/c1-3-4-8(2)16-11-6-9(12(14)15)5-10(13)7-11/h5-8H,3-4H2,1-2H3,(H,14,15). The van der Waals surface area contributed by atoms with Gasteiger partial charge in [-0.05, 0) is 31.5 Å². The van der Waals surface area contributed by atoms with Gasteiger partial charge in [0.2, 0.25) is 0 Å². The van der Waals surface area contributed by atoms with E-state index in [9.17, 15) is 4.79 Å². The Hall–Kier alpha value is -1.03. The maximum atomic E-state index is 10.8. The van der Waals surface area contributed by atoms with Gasteiger partial charge in [0.05, 0.1) is 11.7 Å². The first-order valence-electron chi connectivity index (χ1n) is 5.23. The third-order valence-corrected chi connectivity index (χ3v) is 2.61. The molecule has 16 heavy (non-hydrogen) atoms. The van der Waals surface area contributed by atoms with Gasteiger partial charge in [-0.2, -0.15) is 0 Å².